The standard InChI is InChI=1S/C18H17F3N2O5S2/c1-29(25,26)14-7-3-12(4-8-14)16-22-17(24,18(19,20)21)11-23(16)13-5-9-15(10-6-13)30(2,27)28/h3-10,24H,11H2,1-2H3. The van der Waals surface area contributed by atoms with Crippen molar-refractivity contribution in [2.75, 3.05) is 24.0 Å². The van der Waals surface area contributed by atoms with Crippen LogP contribution in [0.4, 0.5) is 18.9 Å². The molecule has 1 aliphatic heterocycles. The van der Waals surface area contributed by atoms with Crippen LogP contribution in [0.2, 0.25) is 0 Å². The van der Waals surface area contributed by atoms with E-state index in [0.717, 1.165) is 17.4 Å². The van der Waals surface area contributed by atoms with Crippen molar-refractivity contribution in [1.29, 1.82) is 0 Å². The Hall–Kier alpha value is -2.44. The summed E-state index contributed by atoms with van der Waals surface area (Å²) in [5.41, 5.74) is -3.06. The molecule has 1 unspecified atom stereocenters. The number of sulfone groups is 2. The van der Waals surface area contributed by atoms with Gasteiger partial charge in [0, 0.05) is 23.8 Å². The SMILES string of the molecule is CS(=O)(=O)c1ccc(C2=NC(O)(C(F)(F)F)CN2c2ccc(S(C)(=O)=O)cc2)cc1. The number of amidine groups is 1. The van der Waals surface area contributed by atoms with Gasteiger partial charge in [-0.15, -0.1) is 0 Å². The summed E-state index contributed by atoms with van der Waals surface area (Å²) >= 11 is 0. The zero-order chi connectivity index (χ0) is 22.5. The molecule has 0 saturated heterocycles. The van der Waals surface area contributed by atoms with Crippen LogP contribution < -0.4 is 4.90 Å². The molecule has 1 heterocycles. The van der Waals surface area contributed by atoms with Crippen LogP contribution in [0.3, 0.4) is 0 Å². The molecule has 1 N–H and O–H groups in total. The molecule has 0 radical (unpaired) electrons. The maximum atomic E-state index is 13.4. The predicted octanol–water partition coefficient (Wildman–Crippen LogP) is 2.01. The Morgan fingerprint density at radius 1 is 0.900 bits per heavy atom. The van der Waals surface area contributed by atoms with Crippen LogP contribution in [0.5, 0.6) is 0 Å². The minimum atomic E-state index is -5.06. The van der Waals surface area contributed by atoms with E-state index < -0.39 is 38.1 Å². The Bertz CT molecular complexity index is 1210. The Kier molecular flexibility index (Phi) is 5.24. The summed E-state index contributed by atoms with van der Waals surface area (Å²) in [5.74, 6) is -0.234. The first-order valence-electron chi connectivity index (χ1n) is 8.39. The lowest BCUT2D eigenvalue weighted by Gasteiger charge is -2.25. The highest BCUT2D eigenvalue weighted by Gasteiger charge is 2.58. The third kappa shape index (κ3) is 4.20. The Labute approximate surface area is 171 Å². The number of nitrogens with zero attached hydrogens (tertiary/aromatic N) is 2. The molecule has 1 atom stereocenters. The number of hydrogen-bond acceptors (Lipinski definition) is 7. The van der Waals surface area contributed by atoms with Crippen LogP contribution in [0, 0.1) is 0 Å². The van der Waals surface area contributed by atoms with Gasteiger partial charge in [-0.25, -0.2) is 21.8 Å². The van der Waals surface area contributed by atoms with E-state index in [2.05, 4.69) is 4.99 Å². The fraction of sp³-hybridized carbons (Fsp3) is 0.278. The lowest BCUT2D eigenvalue weighted by molar-refractivity contribution is -0.249. The normalized spacial score (nSPS) is 20.3. The molecule has 0 amide bonds. The van der Waals surface area contributed by atoms with Crippen molar-refractivity contribution in [3.05, 3.63) is 54.1 Å². The van der Waals surface area contributed by atoms with Crippen molar-refractivity contribution in [1.82, 2.24) is 0 Å². The summed E-state index contributed by atoms with van der Waals surface area (Å²) in [6.07, 6.45) is -3.07. The van der Waals surface area contributed by atoms with E-state index in [4.69, 9.17) is 0 Å². The van der Waals surface area contributed by atoms with E-state index in [1.54, 1.807) is 0 Å². The van der Waals surface area contributed by atoms with Gasteiger partial charge in [0.1, 0.15) is 5.84 Å². The van der Waals surface area contributed by atoms with Crippen molar-refractivity contribution < 1.29 is 35.1 Å². The van der Waals surface area contributed by atoms with Crippen molar-refractivity contribution in [3.63, 3.8) is 0 Å². The molecule has 3 rings (SSSR count). The number of rotatable bonds is 4. The second-order valence-electron chi connectivity index (χ2n) is 6.90. The molecule has 1 aliphatic rings. The average Bonchev–Trinajstić information content (AvgIpc) is 3.00. The zero-order valence-electron chi connectivity index (χ0n) is 15.8. The molecular weight excluding hydrogens is 445 g/mol. The van der Waals surface area contributed by atoms with Crippen LogP contribution in [0.15, 0.2) is 63.3 Å². The molecule has 162 valence electrons. The second kappa shape index (κ2) is 7.06. The van der Waals surface area contributed by atoms with Crippen molar-refractivity contribution in [2.24, 2.45) is 4.99 Å². The zero-order valence-corrected chi connectivity index (χ0v) is 17.4. The highest BCUT2D eigenvalue weighted by Crippen LogP contribution is 2.39. The number of halogens is 3. The predicted molar refractivity (Wildman–Crippen MR) is 104 cm³/mol. The number of aliphatic imine (C=N–C) groups is 1. The first-order chi connectivity index (χ1) is 13.6. The summed E-state index contributed by atoms with van der Waals surface area (Å²) in [4.78, 5) is 4.53. The summed E-state index contributed by atoms with van der Waals surface area (Å²) < 4.78 is 86.8. The van der Waals surface area contributed by atoms with Gasteiger partial charge in [0.15, 0.2) is 19.7 Å². The van der Waals surface area contributed by atoms with Crippen molar-refractivity contribution >= 4 is 31.2 Å². The summed E-state index contributed by atoms with van der Waals surface area (Å²) in [6, 6.07) is 10.1. The minimum Gasteiger partial charge on any atom is -0.361 e. The summed E-state index contributed by atoms with van der Waals surface area (Å²) in [5, 5.41) is 10.1. The van der Waals surface area contributed by atoms with Crippen LogP contribution in [-0.2, 0) is 19.7 Å². The van der Waals surface area contributed by atoms with E-state index in [9.17, 15) is 35.1 Å². The molecule has 7 nitrogen and oxygen atoms in total. The molecule has 0 fully saturated rings. The van der Waals surface area contributed by atoms with Gasteiger partial charge in [0.25, 0.3) is 5.72 Å². The molecule has 2 aromatic rings. The van der Waals surface area contributed by atoms with Gasteiger partial charge in [-0.05, 0) is 48.5 Å². The number of hydrogen-bond donors (Lipinski definition) is 1. The van der Waals surface area contributed by atoms with Crippen LogP contribution in [0.25, 0.3) is 0 Å². The Morgan fingerprint density at radius 3 is 1.73 bits per heavy atom. The highest BCUT2D eigenvalue weighted by molar-refractivity contribution is 7.91. The number of alkyl halides is 3. The van der Waals surface area contributed by atoms with Gasteiger partial charge in [0.2, 0.25) is 0 Å². The fourth-order valence-corrected chi connectivity index (χ4v) is 4.14. The molecule has 0 aliphatic carbocycles. The third-order valence-corrected chi connectivity index (χ3v) is 6.75. The number of β-amino-alcohol motifs (C(OH)–C–C–N with tert-alkyl or cyclic N) is 1. The molecule has 0 saturated carbocycles. The molecule has 0 aromatic heterocycles. The maximum absolute atomic E-state index is 13.4. The first kappa shape index (κ1) is 22.2. The topological polar surface area (TPSA) is 104 Å². The smallest absolute Gasteiger partial charge is 0.361 e. The lowest BCUT2D eigenvalue weighted by atomic mass is 10.1. The van der Waals surface area contributed by atoms with Gasteiger partial charge in [-0.1, -0.05) is 0 Å². The molecular formula is C18H17F3N2O5S2. The number of aliphatic hydroxyl groups is 1. The summed E-state index contributed by atoms with van der Waals surface area (Å²) in [7, 11) is -7.02. The van der Waals surface area contributed by atoms with E-state index >= 15 is 0 Å². The lowest BCUT2D eigenvalue weighted by Crippen LogP contribution is -2.47. The van der Waals surface area contributed by atoms with Crippen molar-refractivity contribution in [3.8, 4) is 0 Å². The van der Waals surface area contributed by atoms with Crippen molar-refractivity contribution in [2.45, 2.75) is 21.7 Å². The van der Waals surface area contributed by atoms with Crippen LogP contribution in [0.1, 0.15) is 5.56 Å². The van der Waals surface area contributed by atoms with E-state index in [-0.39, 0.29) is 26.9 Å². The quantitative estimate of drug-likeness (QED) is 0.746. The molecule has 0 spiro atoms. The monoisotopic (exact) mass is 462 g/mol. The average molecular weight is 462 g/mol. The van der Waals surface area contributed by atoms with Gasteiger partial charge in [0.05, 0.1) is 16.3 Å². The molecule has 2 aromatic carbocycles. The molecule has 12 heteroatoms. The van der Waals surface area contributed by atoms with E-state index in [1.807, 2.05) is 0 Å². The maximum Gasteiger partial charge on any atom is 0.440 e. The van der Waals surface area contributed by atoms with Gasteiger partial charge >= 0.3 is 6.18 Å². The highest BCUT2D eigenvalue weighted by atomic mass is 32.2. The Morgan fingerprint density at radius 2 is 1.33 bits per heavy atom. The minimum absolute atomic E-state index is 0.0208. The van der Waals surface area contributed by atoms with Gasteiger partial charge in [-0.2, -0.15) is 13.2 Å². The van der Waals surface area contributed by atoms with Crippen LogP contribution >= 0.6 is 0 Å². The summed E-state index contributed by atoms with van der Waals surface area (Å²) in [6.45, 7) is -0.947. The van der Waals surface area contributed by atoms with Gasteiger partial charge in [-0.3, -0.25) is 0 Å². The van der Waals surface area contributed by atoms with Crippen LogP contribution in [-0.4, -0.2) is 58.7 Å². The number of benzene rings is 2. The van der Waals surface area contributed by atoms with E-state index in [0.29, 0.717) is 0 Å². The van der Waals surface area contributed by atoms with Gasteiger partial charge < -0.3 is 10.0 Å². The fourth-order valence-electron chi connectivity index (χ4n) is 2.88. The first-order valence-corrected chi connectivity index (χ1v) is 12.2. The molecule has 0 bridgehead atoms. The largest absolute Gasteiger partial charge is 0.440 e. The second-order valence-corrected chi connectivity index (χ2v) is 10.9. The van der Waals surface area contributed by atoms with E-state index in [1.165, 1.54) is 48.5 Å². The third-order valence-electron chi connectivity index (χ3n) is 4.50. The number of anilines is 1. The molecule has 30 heavy (non-hydrogen) atoms. The Balaban J connectivity index is 2.09.